The smallest absolute Gasteiger partial charge is 0.0729 e. The first-order valence-electron chi connectivity index (χ1n) is 6.00. The van der Waals surface area contributed by atoms with Crippen LogP contribution in [0.1, 0.15) is 21.4 Å². The normalized spacial score (nSPS) is 12.5. The van der Waals surface area contributed by atoms with Gasteiger partial charge in [-0.3, -0.25) is 0 Å². The van der Waals surface area contributed by atoms with Crippen molar-refractivity contribution in [3.05, 3.63) is 49.1 Å². The Morgan fingerprint density at radius 3 is 2.63 bits per heavy atom. The van der Waals surface area contributed by atoms with Crippen molar-refractivity contribution in [2.24, 2.45) is 5.73 Å². The first-order chi connectivity index (χ1) is 9.01. The molecule has 0 amide bonds. The van der Waals surface area contributed by atoms with E-state index in [1.54, 1.807) is 11.3 Å². The summed E-state index contributed by atoms with van der Waals surface area (Å²) in [7, 11) is 0. The van der Waals surface area contributed by atoms with Crippen LogP contribution in [0.15, 0.2) is 28.7 Å². The first-order valence-corrected chi connectivity index (χ1v) is 7.98. The van der Waals surface area contributed by atoms with Gasteiger partial charge in [0.25, 0.3) is 0 Å². The van der Waals surface area contributed by atoms with Crippen molar-refractivity contribution in [2.75, 3.05) is 11.9 Å². The van der Waals surface area contributed by atoms with Crippen LogP contribution in [0.3, 0.4) is 0 Å². The number of aryl methyl sites for hydroxylation is 2. The van der Waals surface area contributed by atoms with Crippen LogP contribution in [0.25, 0.3) is 0 Å². The molecule has 1 heterocycles. The molecule has 2 aromatic rings. The summed E-state index contributed by atoms with van der Waals surface area (Å²) in [5, 5.41) is 4.20. The SMILES string of the molecule is Cc1ccc(NC(CN)c2cc(Br)c(C)s2)cc1Cl. The van der Waals surface area contributed by atoms with Crippen molar-refractivity contribution in [2.45, 2.75) is 19.9 Å². The van der Waals surface area contributed by atoms with E-state index in [2.05, 4.69) is 34.2 Å². The van der Waals surface area contributed by atoms with Gasteiger partial charge in [-0.25, -0.2) is 0 Å². The summed E-state index contributed by atoms with van der Waals surface area (Å²) in [5.74, 6) is 0. The van der Waals surface area contributed by atoms with Crippen molar-refractivity contribution in [1.29, 1.82) is 0 Å². The van der Waals surface area contributed by atoms with E-state index < -0.39 is 0 Å². The summed E-state index contributed by atoms with van der Waals surface area (Å²) < 4.78 is 1.13. The maximum Gasteiger partial charge on any atom is 0.0729 e. The highest BCUT2D eigenvalue weighted by molar-refractivity contribution is 9.10. The molecule has 0 aliphatic carbocycles. The van der Waals surface area contributed by atoms with Crippen molar-refractivity contribution < 1.29 is 0 Å². The van der Waals surface area contributed by atoms with Crippen LogP contribution in [-0.2, 0) is 0 Å². The number of thiophene rings is 1. The minimum Gasteiger partial charge on any atom is -0.376 e. The molecule has 1 atom stereocenters. The fourth-order valence-electron chi connectivity index (χ4n) is 1.78. The number of benzene rings is 1. The lowest BCUT2D eigenvalue weighted by atomic mass is 10.2. The van der Waals surface area contributed by atoms with E-state index in [0.717, 1.165) is 20.7 Å². The summed E-state index contributed by atoms with van der Waals surface area (Å²) in [6, 6.07) is 8.21. The molecule has 5 heteroatoms. The second-order valence-electron chi connectivity index (χ2n) is 4.45. The lowest BCUT2D eigenvalue weighted by Gasteiger charge is -2.17. The van der Waals surface area contributed by atoms with Gasteiger partial charge in [-0.15, -0.1) is 11.3 Å². The van der Waals surface area contributed by atoms with E-state index >= 15 is 0 Å². The summed E-state index contributed by atoms with van der Waals surface area (Å²) in [6.07, 6.45) is 0. The Bertz CT molecular complexity index is 563. The van der Waals surface area contributed by atoms with Crippen molar-refractivity contribution >= 4 is 44.6 Å². The lowest BCUT2D eigenvalue weighted by Crippen LogP contribution is -2.19. The molecule has 0 aliphatic rings. The Balaban J connectivity index is 2.21. The predicted molar refractivity (Wildman–Crippen MR) is 88.4 cm³/mol. The van der Waals surface area contributed by atoms with E-state index in [1.807, 2.05) is 25.1 Å². The third kappa shape index (κ3) is 3.51. The molecule has 0 fully saturated rings. The third-order valence-electron chi connectivity index (χ3n) is 2.97. The van der Waals surface area contributed by atoms with Crippen LogP contribution in [0.5, 0.6) is 0 Å². The maximum atomic E-state index is 6.14. The van der Waals surface area contributed by atoms with Gasteiger partial charge in [0.05, 0.1) is 6.04 Å². The molecule has 19 heavy (non-hydrogen) atoms. The molecule has 0 spiro atoms. The lowest BCUT2D eigenvalue weighted by molar-refractivity contribution is 0.805. The Morgan fingerprint density at radius 2 is 2.11 bits per heavy atom. The number of nitrogens with two attached hydrogens (primary N) is 1. The van der Waals surface area contributed by atoms with Gasteiger partial charge in [-0.2, -0.15) is 0 Å². The molecule has 2 rings (SSSR count). The van der Waals surface area contributed by atoms with Gasteiger partial charge in [-0.1, -0.05) is 17.7 Å². The molecule has 3 N–H and O–H groups in total. The van der Waals surface area contributed by atoms with E-state index in [4.69, 9.17) is 17.3 Å². The second-order valence-corrected chi connectivity index (χ2v) is 7.00. The minimum atomic E-state index is 0.105. The second kappa shape index (κ2) is 6.27. The number of hydrogen-bond donors (Lipinski definition) is 2. The monoisotopic (exact) mass is 358 g/mol. The molecule has 0 saturated heterocycles. The summed E-state index contributed by atoms with van der Waals surface area (Å²) >= 11 is 11.4. The topological polar surface area (TPSA) is 38.0 Å². The van der Waals surface area contributed by atoms with Crippen LogP contribution in [0.2, 0.25) is 5.02 Å². The fraction of sp³-hybridized carbons (Fsp3) is 0.286. The Kier molecular flexibility index (Phi) is 4.90. The zero-order valence-corrected chi connectivity index (χ0v) is 14.0. The number of halogens is 2. The fourth-order valence-corrected chi connectivity index (χ4v) is 3.59. The summed E-state index contributed by atoms with van der Waals surface area (Å²) in [4.78, 5) is 2.49. The Morgan fingerprint density at radius 1 is 1.37 bits per heavy atom. The largest absolute Gasteiger partial charge is 0.376 e. The average Bonchev–Trinajstić information content (AvgIpc) is 2.71. The average molecular weight is 360 g/mol. The molecule has 1 aromatic heterocycles. The maximum absolute atomic E-state index is 6.14. The van der Waals surface area contributed by atoms with E-state index in [0.29, 0.717) is 6.54 Å². The third-order valence-corrected chi connectivity index (χ3v) is 5.63. The first kappa shape index (κ1) is 14.9. The molecule has 0 bridgehead atoms. The number of anilines is 1. The molecular weight excluding hydrogens is 344 g/mol. The highest BCUT2D eigenvalue weighted by Gasteiger charge is 2.14. The van der Waals surface area contributed by atoms with Crippen LogP contribution < -0.4 is 11.1 Å². The number of nitrogens with one attached hydrogen (secondary N) is 1. The van der Waals surface area contributed by atoms with Crippen LogP contribution in [0, 0.1) is 13.8 Å². The van der Waals surface area contributed by atoms with E-state index in [9.17, 15) is 0 Å². The van der Waals surface area contributed by atoms with E-state index in [-0.39, 0.29) is 6.04 Å². The Labute approximate surface area is 131 Å². The summed E-state index contributed by atoms with van der Waals surface area (Å²) in [5.41, 5.74) is 7.94. The highest BCUT2D eigenvalue weighted by atomic mass is 79.9. The molecule has 1 aromatic carbocycles. The molecule has 0 aliphatic heterocycles. The zero-order valence-electron chi connectivity index (χ0n) is 10.8. The number of rotatable bonds is 4. The molecule has 0 radical (unpaired) electrons. The van der Waals surface area contributed by atoms with Gasteiger partial charge < -0.3 is 11.1 Å². The van der Waals surface area contributed by atoms with Crippen LogP contribution in [-0.4, -0.2) is 6.54 Å². The van der Waals surface area contributed by atoms with Crippen molar-refractivity contribution in [1.82, 2.24) is 0 Å². The zero-order chi connectivity index (χ0) is 14.0. The van der Waals surface area contributed by atoms with Gasteiger partial charge in [-0.05, 0) is 53.5 Å². The summed E-state index contributed by atoms with van der Waals surface area (Å²) in [6.45, 7) is 4.62. The van der Waals surface area contributed by atoms with Gasteiger partial charge in [0, 0.05) is 31.5 Å². The highest BCUT2D eigenvalue weighted by Crippen LogP contribution is 2.32. The van der Waals surface area contributed by atoms with E-state index in [1.165, 1.54) is 9.75 Å². The van der Waals surface area contributed by atoms with Gasteiger partial charge in [0.2, 0.25) is 0 Å². The Hall–Kier alpha value is -0.550. The number of hydrogen-bond acceptors (Lipinski definition) is 3. The molecule has 0 saturated carbocycles. The molecule has 1 unspecified atom stereocenters. The predicted octanol–water partition coefficient (Wildman–Crippen LogP) is 4.89. The van der Waals surface area contributed by atoms with Gasteiger partial charge in [0.15, 0.2) is 0 Å². The standard InChI is InChI=1S/C14H16BrClN2S/c1-8-3-4-10(5-12(8)16)18-13(7-17)14-6-11(15)9(2)19-14/h3-6,13,18H,7,17H2,1-2H3. The van der Waals surface area contributed by atoms with Gasteiger partial charge in [0.1, 0.15) is 0 Å². The molecular formula is C14H16BrClN2S. The quantitative estimate of drug-likeness (QED) is 0.815. The van der Waals surface area contributed by atoms with Crippen molar-refractivity contribution in [3.8, 4) is 0 Å². The van der Waals surface area contributed by atoms with Crippen LogP contribution >= 0.6 is 38.9 Å². The molecule has 102 valence electrons. The van der Waals surface area contributed by atoms with Crippen molar-refractivity contribution in [3.63, 3.8) is 0 Å². The molecule has 2 nitrogen and oxygen atoms in total. The van der Waals surface area contributed by atoms with Gasteiger partial charge >= 0.3 is 0 Å². The van der Waals surface area contributed by atoms with Crippen LogP contribution in [0.4, 0.5) is 5.69 Å². The minimum absolute atomic E-state index is 0.105.